The Bertz CT molecular complexity index is 675. The maximum Gasteiger partial charge on any atom is 0.253 e. The minimum Gasteiger partial charge on any atom is -0.339 e. The summed E-state index contributed by atoms with van der Waals surface area (Å²) in [5, 5.41) is 0. The van der Waals surface area contributed by atoms with Gasteiger partial charge in [-0.05, 0) is 59.7 Å². The van der Waals surface area contributed by atoms with E-state index in [1.165, 1.54) is 0 Å². The molecule has 1 fully saturated rings. The van der Waals surface area contributed by atoms with Crippen LogP contribution >= 0.6 is 33.9 Å². The van der Waals surface area contributed by atoms with Gasteiger partial charge in [0.05, 0.1) is 7.76 Å². The third kappa shape index (κ3) is 3.41. The van der Waals surface area contributed by atoms with E-state index in [-0.39, 0.29) is 17.6 Å². The molecule has 2 aromatic rings. The van der Waals surface area contributed by atoms with E-state index in [2.05, 4.69) is 22.6 Å². The Labute approximate surface area is 147 Å². The predicted molar refractivity (Wildman–Crippen MR) is 96.4 cm³/mol. The predicted octanol–water partition coefficient (Wildman–Crippen LogP) is 4.09. The molecule has 0 atom stereocenters. The SMILES string of the molecule is O=C(c1ccc(I)s1)C1CCN(C(=O)c2ccccc2)CC1. The van der Waals surface area contributed by atoms with E-state index in [4.69, 9.17) is 0 Å². The normalized spacial score (nSPS) is 15.8. The average molecular weight is 425 g/mol. The van der Waals surface area contributed by atoms with Crippen LogP contribution in [0.4, 0.5) is 0 Å². The van der Waals surface area contributed by atoms with Crippen LogP contribution in [-0.4, -0.2) is 29.7 Å². The molecule has 0 bridgehead atoms. The number of likely N-dealkylation sites (tertiary alicyclic amines) is 1. The molecule has 0 spiro atoms. The van der Waals surface area contributed by atoms with Crippen LogP contribution in [0.3, 0.4) is 0 Å². The summed E-state index contributed by atoms with van der Waals surface area (Å²) in [5.74, 6) is 0.353. The van der Waals surface area contributed by atoms with Crippen molar-refractivity contribution >= 4 is 45.6 Å². The van der Waals surface area contributed by atoms with E-state index in [9.17, 15) is 9.59 Å². The van der Waals surface area contributed by atoms with Crippen molar-refractivity contribution in [3.8, 4) is 0 Å². The molecule has 0 saturated carbocycles. The van der Waals surface area contributed by atoms with Crippen molar-refractivity contribution in [2.24, 2.45) is 5.92 Å². The van der Waals surface area contributed by atoms with Crippen LogP contribution in [0.5, 0.6) is 0 Å². The van der Waals surface area contributed by atoms with Gasteiger partial charge in [0.15, 0.2) is 5.78 Å². The Morgan fingerprint density at radius 3 is 2.32 bits per heavy atom. The second-order valence-electron chi connectivity index (χ2n) is 5.40. The van der Waals surface area contributed by atoms with Crippen molar-refractivity contribution in [1.82, 2.24) is 4.90 Å². The molecule has 22 heavy (non-hydrogen) atoms. The lowest BCUT2D eigenvalue weighted by atomic mass is 9.91. The van der Waals surface area contributed by atoms with Crippen LogP contribution in [0.25, 0.3) is 0 Å². The fourth-order valence-electron chi connectivity index (χ4n) is 2.76. The molecule has 0 unspecified atom stereocenters. The lowest BCUT2D eigenvalue weighted by molar-refractivity contribution is 0.0651. The summed E-state index contributed by atoms with van der Waals surface area (Å²) in [6, 6.07) is 13.2. The van der Waals surface area contributed by atoms with Gasteiger partial charge < -0.3 is 4.90 Å². The minimum atomic E-state index is 0.0503. The smallest absolute Gasteiger partial charge is 0.253 e. The zero-order valence-electron chi connectivity index (χ0n) is 12.0. The van der Waals surface area contributed by atoms with Crippen molar-refractivity contribution in [3.05, 3.63) is 55.8 Å². The van der Waals surface area contributed by atoms with Crippen molar-refractivity contribution in [2.45, 2.75) is 12.8 Å². The zero-order valence-corrected chi connectivity index (χ0v) is 15.0. The second-order valence-corrected chi connectivity index (χ2v) is 8.38. The number of piperidine rings is 1. The summed E-state index contributed by atoms with van der Waals surface area (Å²) < 4.78 is 1.14. The van der Waals surface area contributed by atoms with Crippen LogP contribution in [0, 0.1) is 8.80 Å². The molecule has 3 nitrogen and oxygen atoms in total. The molecule has 0 N–H and O–H groups in total. The number of amides is 1. The quantitative estimate of drug-likeness (QED) is 0.549. The van der Waals surface area contributed by atoms with Gasteiger partial charge in [0.2, 0.25) is 0 Å². The molecule has 1 aromatic carbocycles. The van der Waals surface area contributed by atoms with Gasteiger partial charge in [-0.2, -0.15) is 0 Å². The summed E-state index contributed by atoms with van der Waals surface area (Å²) in [7, 11) is 0. The third-order valence-electron chi connectivity index (χ3n) is 3.99. The first kappa shape index (κ1) is 15.7. The highest BCUT2D eigenvalue weighted by molar-refractivity contribution is 14.1. The van der Waals surface area contributed by atoms with Gasteiger partial charge in [-0.3, -0.25) is 9.59 Å². The number of rotatable bonds is 3. The monoisotopic (exact) mass is 425 g/mol. The highest BCUT2D eigenvalue weighted by Gasteiger charge is 2.28. The number of thiophene rings is 1. The van der Waals surface area contributed by atoms with E-state index >= 15 is 0 Å². The van der Waals surface area contributed by atoms with Crippen molar-refractivity contribution in [3.63, 3.8) is 0 Å². The van der Waals surface area contributed by atoms with Crippen molar-refractivity contribution in [2.75, 3.05) is 13.1 Å². The summed E-state index contributed by atoms with van der Waals surface area (Å²) >= 11 is 3.79. The standard InChI is InChI=1S/C17H16INO2S/c18-15-7-6-14(22-15)16(20)12-8-10-19(11-9-12)17(21)13-4-2-1-3-5-13/h1-7,12H,8-11H2. The van der Waals surface area contributed by atoms with E-state index in [1.807, 2.05) is 47.4 Å². The van der Waals surface area contributed by atoms with Gasteiger partial charge in [-0.25, -0.2) is 0 Å². The topological polar surface area (TPSA) is 37.4 Å². The third-order valence-corrected chi connectivity index (χ3v) is 5.90. The molecule has 1 saturated heterocycles. The minimum absolute atomic E-state index is 0.0503. The summed E-state index contributed by atoms with van der Waals surface area (Å²) in [6.45, 7) is 1.32. The first-order valence-corrected chi connectivity index (χ1v) is 9.18. The fraction of sp³-hybridized carbons (Fsp3) is 0.294. The van der Waals surface area contributed by atoms with Crippen LogP contribution in [0.2, 0.25) is 0 Å². The van der Waals surface area contributed by atoms with Crippen LogP contribution in [0.15, 0.2) is 42.5 Å². The van der Waals surface area contributed by atoms with Gasteiger partial charge in [0.25, 0.3) is 5.91 Å². The summed E-state index contributed by atoms with van der Waals surface area (Å²) in [4.78, 5) is 27.6. The molecule has 0 aliphatic carbocycles. The molecule has 1 amide bonds. The molecule has 1 aromatic heterocycles. The van der Waals surface area contributed by atoms with Crippen LogP contribution < -0.4 is 0 Å². The number of hydrogen-bond donors (Lipinski definition) is 0. The fourth-order valence-corrected chi connectivity index (χ4v) is 4.40. The number of ketones is 1. The van der Waals surface area contributed by atoms with E-state index in [1.54, 1.807) is 11.3 Å². The van der Waals surface area contributed by atoms with Crippen molar-refractivity contribution in [1.29, 1.82) is 0 Å². The number of halogens is 1. The maximum atomic E-state index is 12.5. The molecule has 1 aliphatic rings. The zero-order chi connectivity index (χ0) is 15.5. The first-order valence-electron chi connectivity index (χ1n) is 7.29. The highest BCUT2D eigenvalue weighted by atomic mass is 127. The Balaban J connectivity index is 1.61. The Morgan fingerprint density at radius 2 is 1.73 bits per heavy atom. The number of benzene rings is 1. The van der Waals surface area contributed by atoms with Gasteiger partial charge in [0.1, 0.15) is 0 Å². The lowest BCUT2D eigenvalue weighted by Crippen LogP contribution is -2.40. The Kier molecular flexibility index (Phi) is 4.93. The summed E-state index contributed by atoms with van der Waals surface area (Å²) in [5.41, 5.74) is 0.722. The van der Waals surface area contributed by atoms with Gasteiger partial charge in [0, 0.05) is 24.6 Å². The number of carbonyl (C=O) groups is 2. The first-order chi connectivity index (χ1) is 10.6. The van der Waals surface area contributed by atoms with Gasteiger partial charge in [-0.15, -0.1) is 11.3 Å². The van der Waals surface area contributed by atoms with Crippen LogP contribution in [-0.2, 0) is 0 Å². The number of hydrogen-bond acceptors (Lipinski definition) is 3. The lowest BCUT2D eigenvalue weighted by Gasteiger charge is -2.31. The van der Waals surface area contributed by atoms with E-state index in [0.29, 0.717) is 13.1 Å². The molecule has 3 rings (SSSR count). The molecule has 2 heterocycles. The molecular weight excluding hydrogens is 409 g/mol. The van der Waals surface area contributed by atoms with Gasteiger partial charge in [-0.1, -0.05) is 18.2 Å². The average Bonchev–Trinajstić information content (AvgIpc) is 3.01. The van der Waals surface area contributed by atoms with Gasteiger partial charge >= 0.3 is 0 Å². The molecular formula is C17H16INO2S. The highest BCUT2D eigenvalue weighted by Crippen LogP contribution is 2.27. The number of carbonyl (C=O) groups excluding carboxylic acids is 2. The number of nitrogens with zero attached hydrogens (tertiary/aromatic N) is 1. The van der Waals surface area contributed by atoms with E-state index in [0.717, 1.165) is 26.2 Å². The van der Waals surface area contributed by atoms with Crippen LogP contribution in [0.1, 0.15) is 32.9 Å². The Hall–Kier alpha value is -1.21. The molecule has 5 heteroatoms. The molecule has 1 aliphatic heterocycles. The second kappa shape index (κ2) is 6.91. The molecule has 114 valence electrons. The van der Waals surface area contributed by atoms with E-state index < -0.39 is 0 Å². The largest absolute Gasteiger partial charge is 0.339 e. The summed E-state index contributed by atoms with van der Waals surface area (Å²) in [6.07, 6.45) is 1.51. The van der Waals surface area contributed by atoms with Crippen molar-refractivity contribution < 1.29 is 9.59 Å². The number of Topliss-reactive ketones (excluding diaryl/α,β-unsaturated/α-hetero) is 1. The molecule has 0 radical (unpaired) electrons. The Morgan fingerprint density at radius 1 is 1.05 bits per heavy atom. The maximum absolute atomic E-state index is 12.5.